The smallest absolute Gasteiger partial charge is 0.411 e. The fourth-order valence-electron chi connectivity index (χ4n) is 2.65. The van der Waals surface area contributed by atoms with Crippen LogP contribution in [0.1, 0.15) is 21.9 Å². The van der Waals surface area contributed by atoms with Crippen LogP contribution >= 0.6 is 0 Å². The highest BCUT2D eigenvalue weighted by Gasteiger charge is 2.13. The molecule has 9 nitrogen and oxygen atoms in total. The summed E-state index contributed by atoms with van der Waals surface area (Å²) in [4.78, 5) is 24.2. The van der Waals surface area contributed by atoms with Gasteiger partial charge in [0, 0.05) is 18.5 Å². The maximum Gasteiger partial charge on any atom is 0.411 e. The van der Waals surface area contributed by atoms with Crippen LogP contribution in [0, 0.1) is 11.3 Å². The molecule has 2 amide bonds. The topological polar surface area (TPSA) is 123 Å². The van der Waals surface area contributed by atoms with E-state index in [1.165, 1.54) is 13.2 Å². The number of carbonyl (C=O) groups excluding carboxylic acids is 2. The van der Waals surface area contributed by atoms with Crippen LogP contribution in [-0.2, 0) is 16.1 Å². The van der Waals surface area contributed by atoms with E-state index < -0.39 is 12.0 Å². The lowest BCUT2D eigenvalue weighted by atomic mass is 10.2. The number of furan rings is 1. The number of methoxy groups -OCH3 is 1. The standard InChI is InChI=1S/C23H21N3O6/c1-29-11-12-30-23(28)26-18-7-4-6-17(13-18)25-22(27)21-10-9-19(32-21)15-31-20-8-3-2-5-16(20)14-24/h2-10,13H,11-12,15H2,1H3,(H,25,27)(H,26,28). The number of hydrogen-bond acceptors (Lipinski definition) is 7. The number of amides is 2. The van der Waals surface area contributed by atoms with Crippen molar-refractivity contribution in [3.63, 3.8) is 0 Å². The van der Waals surface area contributed by atoms with Crippen LogP contribution in [0.3, 0.4) is 0 Å². The van der Waals surface area contributed by atoms with Crippen LogP contribution in [0.15, 0.2) is 65.1 Å². The Morgan fingerprint density at radius 2 is 1.78 bits per heavy atom. The Morgan fingerprint density at radius 1 is 1.00 bits per heavy atom. The van der Waals surface area contributed by atoms with Crippen LogP contribution in [-0.4, -0.2) is 32.3 Å². The summed E-state index contributed by atoms with van der Waals surface area (Å²) >= 11 is 0. The molecule has 0 saturated heterocycles. The highest BCUT2D eigenvalue weighted by atomic mass is 16.6. The number of rotatable bonds is 9. The van der Waals surface area contributed by atoms with E-state index in [9.17, 15) is 9.59 Å². The average Bonchev–Trinajstić information content (AvgIpc) is 3.27. The van der Waals surface area contributed by atoms with Crippen molar-refractivity contribution in [2.45, 2.75) is 6.61 Å². The van der Waals surface area contributed by atoms with Crippen LogP contribution < -0.4 is 15.4 Å². The van der Waals surface area contributed by atoms with Crippen molar-refractivity contribution in [2.24, 2.45) is 0 Å². The van der Waals surface area contributed by atoms with E-state index in [2.05, 4.69) is 16.7 Å². The van der Waals surface area contributed by atoms with E-state index in [1.54, 1.807) is 54.6 Å². The van der Waals surface area contributed by atoms with E-state index in [0.717, 1.165) is 0 Å². The molecule has 0 saturated carbocycles. The normalized spacial score (nSPS) is 10.1. The van der Waals surface area contributed by atoms with Gasteiger partial charge in [0.05, 0.1) is 12.2 Å². The lowest BCUT2D eigenvalue weighted by molar-refractivity contribution is 0.0992. The summed E-state index contributed by atoms with van der Waals surface area (Å²) in [7, 11) is 1.51. The maximum atomic E-state index is 12.5. The number of para-hydroxylation sites is 1. The molecule has 0 aliphatic rings. The van der Waals surface area contributed by atoms with Crippen LogP contribution in [0.4, 0.5) is 16.2 Å². The van der Waals surface area contributed by atoms with Gasteiger partial charge in [-0.2, -0.15) is 5.26 Å². The highest BCUT2D eigenvalue weighted by Crippen LogP contribution is 2.20. The quantitative estimate of drug-likeness (QED) is 0.483. The Bertz CT molecular complexity index is 1120. The number of anilines is 2. The molecule has 0 unspecified atom stereocenters. The van der Waals surface area contributed by atoms with Crippen molar-refractivity contribution in [3.05, 3.63) is 77.7 Å². The molecule has 0 radical (unpaired) electrons. The minimum atomic E-state index is -0.626. The molecule has 9 heteroatoms. The summed E-state index contributed by atoms with van der Waals surface area (Å²) in [5.74, 6) is 0.488. The second-order valence-corrected chi connectivity index (χ2v) is 6.45. The van der Waals surface area contributed by atoms with Gasteiger partial charge in [-0.3, -0.25) is 10.1 Å². The molecule has 0 aliphatic carbocycles. The molecule has 0 aliphatic heterocycles. The van der Waals surface area contributed by atoms with Crippen molar-refractivity contribution in [2.75, 3.05) is 31.0 Å². The van der Waals surface area contributed by atoms with E-state index in [4.69, 9.17) is 23.9 Å². The predicted octanol–water partition coefficient (Wildman–Crippen LogP) is 4.18. The summed E-state index contributed by atoms with van der Waals surface area (Å²) in [6, 6.07) is 18.6. The predicted molar refractivity (Wildman–Crippen MR) is 115 cm³/mol. The molecule has 3 aromatic rings. The van der Waals surface area contributed by atoms with Crippen LogP contribution in [0.5, 0.6) is 5.75 Å². The Kier molecular flexibility index (Phi) is 7.84. The molecule has 164 valence electrons. The minimum absolute atomic E-state index is 0.0660. The zero-order valence-corrected chi connectivity index (χ0v) is 17.3. The molecule has 2 aromatic carbocycles. The largest absolute Gasteiger partial charge is 0.484 e. The Balaban J connectivity index is 1.56. The molecule has 32 heavy (non-hydrogen) atoms. The van der Waals surface area contributed by atoms with Gasteiger partial charge in [0.15, 0.2) is 5.76 Å². The molecule has 0 fully saturated rings. The number of nitrogens with zero attached hydrogens (tertiary/aromatic N) is 1. The molecule has 0 bridgehead atoms. The van der Waals surface area contributed by atoms with Crippen LogP contribution in [0.2, 0.25) is 0 Å². The molecule has 1 heterocycles. The maximum absolute atomic E-state index is 12.5. The lowest BCUT2D eigenvalue weighted by Crippen LogP contribution is -2.16. The molecule has 0 atom stereocenters. The number of benzene rings is 2. The van der Waals surface area contributed by atoms with E-state index in [0.29, 0.717) is 35.1 Å². The first-order valence-corrected chi connectivity index (χ1v) is 9.64. The number of carbonyl (C=O) groups is 2. The third-order valence-electron chi connectivity index (χ3n) is 4.15. The second-order valence-electron chi connectivity index (χ2n) is 6.45. The fourth-order valence-corrected chi connectivity index (χ4v) is 2.65. The third-order valence-corrected chi connectivity index (χ3v) is 4.15. The van der Waals surface area contributed by atoms with Gasteiger partial charge in [-0.25, -0.2) is 4.79 Å². The highest BCUT2D eigenvalue weighted by molar-refractivity contribution is 6.02. The van der Waals surface area contributed by atoms with Gasteiger partial charge in [0.2, 0.25) is 0 Å². The van der Waals surface area contributed by atoms with Gasteiger partial charge in [0.25, 0.3) is 5.91 Å². The van der Waals surface area contributed by atoms with Gasteiger partial charge >= 0.3 is 6.09 Å². The van der Waals surface area contributed by atoms with E-state index in [-0.39, 0.29) is 19.0 Å². The number of hydrogen-bond donors (Lipinski definition) is 2. The number of ether oxygens (including phenoxy) is 3. The number of nitriles is 1. The molecule has 3 rings (SSSR count). The zero-order chi connectivity index (χ0) is 22.8. The Hall–Kier alpha value is -4.29. The molecular weight excluding hydrogens is 414 g/mol. The van der Waals surface area contributed by atoms with Crippen molar-refractivity contribution in [1.82, 2.24) is 0 Å². The summed E-state index contributed by atoms with van der Waals surface area (Å²) in [5.41, 5.74) is 1.32. The van der Waals surface area contributed by atoms with Gasteiger partial charge in [-0.1, -0.05) is 18.2 Å². The first-order valence-electron chi connectivity index (χ1n) is 9.64. The Labute approximate surface area is 184 Å². The Morgan fingerprint density at radius 3 is 2.56 bits per heavy atom. The van der Waals surface area contributed by atoms with Crippen molar-refractivity contribution in [1.29, 1.82) is 5.26 Å². The van der Waals surface area contributed by atoms with Crippen LogP contribution in [0.25, 0.3) is 0 Å². The fraction of sp³-hybridized carbons (Fsp3) is 0.174. The average molecular weight is 435 g/mol. The zero-order valence-electron chi connectivity index (χ0n) is 17.3. The summed E-state index contributed by atoms with van der Waals surface area (Å²) in [6.45, 7) is 0.493. The summed E-state index contributed by atoms with van der Waals surface area (Å²) in [5, 5.41) is 14.4. The van der Waals surface area contributed by atoms with Crippen molar-refractivity contribution < 1.29 is 28.2 Å². The first kappa shape index (κ1) is 22.4. The minimum Gasteiger partial charge on any atom is -0.484 e. The molecule has 1 aromatic heterocycles. The molecule has 0 spiro atoms. The first-order chi connectivity index (χ1) is 15.6. The molecule has 2 N–H and O–H groups in total. The molecular formula is C23H21N3O6. The van der Waals surface area contributed by atoms with Gasteiger partial charge < -0.3 is 23.9 Å². The van der Waals surface area contributed by atoms with Gasteiger partial charge in [0.1, 0.15) is 30.8 Å². The number of nitrogens with one attached hydrogen (secondary N) is 2. The van der Waals surface area contributed by atoms with Gasteiger partial charge in [-0.15, -0.1) is 0 Å². The SMILES string of the molecule is COCCOC(=O)Nc1cccc(NC(=O)c2ccc(COc3ccccc3C#N)o2)c1. The van der Waals surface area contributed by atoms with E-state index >= 15 is 0 Å². The summed E-state index contributed by atoms with van der Waals surface area (Å²) in [6.07, 6.45) is -0.626. The van der Waals surface area contributed by atoms with Crippen molar-refractivity contribution in [3.8, 4) is 11.8 Å². The summed E-state index contributed by atoms with van der Waals surface area (Å²) < 4.78 is 20.9. The second kappa shape index (κ2) is 11.2. The van der Waals surface area contributed by atoms with E-state index in [1.807, 2.05) is 0 Å². The monoisotopic (exact) mass is 435 g/mol. The third kappa shape index (κ3) is 6.35. The lowest BCUT2D eigenvalue weighted by Gasteiger charge is -2.09. The van der Waals surface area contributed by atoms with Crippen molar-refractivity contribution >= 4 is 23.4 Å². The van der Waals surface area contributed by atoms with Gasteiger partial charge in [-0.05, 0) is 42.5 Å².